The zero-order chi connectivity index (χ0) is 12.3. The second kappa shape index (κ2) is 5.48. The number of aromatic nitrogens is 1. The highest BCUT2D eigenvalue weighted by molar-refractivity contribution is 9.10. The summed E-state index contributed by atoms with van der Waals surface area (Å²) in [6.45, 7) is 2.56. The predicted octanol–water partition coefficient (Wildman–Crippen LogP) is 1.89. The number of halogens is 1. The van der Waals surface area contributed by atoms with E-state index in [2.05, 4.69) is 31.9 Å². The topological polar surface area (TPSA) is 65.9 Å². The number of piperidine rings is 1. The van der Waals surface area contributed by atoms with E-state index in [0.717, 1.165) is 29.8 Å². The van der Waals surface area contributed by atoms with Gasteiger partial charge < -0.3 is 10.6 Å². The van der Waals surface area contributed by atoms with Gasteiger partial charge in [0.25, 0.3) is 0 Å². The number of nitrogens with two attached hydrogens (primary N) is 1. The summed E-state index contributed by atoms with van der Waals surface area (Å²) in [4.78, 5) is 6.53. The number of hydrogen-bond donors (Lipinski definition) is 1. The summed E-state index contributed by atoms with van der Waals surface area (Å²) in [5, 5.41) is 9.13. The number of pyridine rings is 1. The molecule has 1 atom stereocenters. The van der Waals surface area contributed by atoms with Crippen molar-refractivity contribution in [1.29, 1.82) is 5.26 Å². The minimum Gasteiger partial charge on any atom is -0.355 e. The highest BCUT2D eigenvalue weighted by Crippen LogP contribution is 2.25. The normalized spacial score (nSPS) is 20.1. The maximum atomic E-state index is 9.13. The van der Waals surface area contributed by atoms with Crippen LogP contribution in [0, 0.1) is 17.2 Å². The van der Waals surface area contributed by atoms with Gasteiger partial charge in [-0.25, -0.2) is 4.98 Å². The van der Waals surface area contributed by atoms with Crippen molar-refractivity contribution < 1.29 is 0 Å². The van der Waals surface area contributed by atoms with Crippen LogP contribution in [0.15, 0.2) is 16.7 Å². The van der Waals surface area contributed by atoms with Crippen LogP contribution in [0.5, 0.6) is 0 Å². The van der Waals surface area contributed by atoms with Crippen LogP contribution < -0.4 is 10.6 Å². The molecule has 0 aromatic carbocycles. The molecule has 1 aromatic rings. The van der Waals surface area contributed by atoms with E-state index < -0.39 is 0 Å². The summed E-state index contributed by atoms with van der Waals surface area (Å²) in [6.07, 6.45) is 4.03. The SMILES string of the molecule is N#Cc1cc(Br)cnc1N1CCCC(CN)C1. The Hall–Kier alpha value is -1.12. The van der Waals surface area contributed by atoms with Crippen molar-refractivity contribution in [3.63, 3.8) is 0 Å². The van der Waals surface area contributed by atoms with Gasteiger partial charge in [-0.15, -0.1) is 0 Å². The Kier molecular flexibility index (Phi) is 3.97. The molecule has 1 saturated heterocycles. The van der Waals surface area contributed by atoms with Crippen molar-refractivity contribution in [2.45, 2.75) is 12.8 Å². The van der Waals surface area contributed by atoms with Gasteiger partial charge >= 0.3 is 0 Å². The predicted molar refractivity (Wildman–Crippen MR) is 70.6 cm³/mol. The minimum absolute atomic E-state index is 0.515. The van der Waals surface area contributed by atoms with Crippen LogP contribution in [-0.4, -0.2) is 24.6 Å². The van der Waals surface area contributed by atoms with E-state index in [4.69, 9.17) is 11.0 Å². The van der Waals surface area contributed by atoms with E-state index in [1.54, 1.807) is 6.20 Å². The molecule has 1 unspecified atom stereocenters. The van der Waals surface area contributed by atoms with Gasteiger partial charge in [0.05, 0.1) is 5.56 Å². The molecule has 2 N–H and O–H groups in total. The van der Waals surface area contributed by atoms with Gasteiger partial charge in [-0.1, -0.05) is 0 Å². The molecular formula is C12H15BrN4. The second-order valence-corrected chi connectivity index (χ2v) is 5.24. The number of nitrogens with zero attached hydrogens (tertiary/aromatic N) is 3. The van der Waals surface area contributed by atoms with Gasteiger partial charge in [0.1, 0.15) is 11.9 Å². The fourth-order valence-electron chi connectivity index (χ4n) is 2.22. The number of rotatable bonds is 2. The maximum Gasteiger partial charge on any atom is 0.146 e. The molecule has 0 saturated carbocycles. The van der Waals surface area contributed by atoms with Crippen molar-refractivity contribution in [3.8, 4) is 6.07 Å². The Labute approximate surface area is 110 Å². The Morgan fingerprint density at radius 1 is 1.65 bits per heavy atom. The Morgan fingerprint density at radius 3 is 3.18 bits per heavy atom. The zero-order valence-corrected chi connectivity index (χ0v) is 11.2. The molecule has 1 aromatic heterocycles. The zero-order valence-electron chi connectivity index (χ0n) is 9.56. The molecule has 0 radical (unpaired) electrons. The third kappa shape index (κ3) is 2.76. The average Bonchev–Trinajstić information content (AvgIpc) is 2.38. The molecule has 17 heavy (non-hydrogen) atoms. The fourth-order valence-corrected chi connectivity index (χ4v) is 2.55. The second-order valence-electron chi connectivity index (χ2n) is 4.33. The lowest BCUT2D eigenvalue weighted by Gasteiger charge is -2.33. The molecule has 1 aliphatic heterocycles. The van der Waals surface area contributed by atoms with Crippen LogP contribution >= 0.6 is 15.9 Å². The first-order valence-corrected chi connectivity index (χ1v) is 6.54. The molecule has 2 rings (SSSR count). The molecule has 1 fully saturated rings. The average molecular weight is 295 g/mol. The summed E-state index contributed by atoms with van der Waals surface area (Å²) >= 11 is 3.33. The Balaban J connectivity index is 2.24. The summed E-state index contributed by atoms with van der Waals surface area (Å²) in [5.74, 6) is 1.30. The lowest BCUT2D eigenvalue weighted by atomic mass is 9.98. The first-order chi connectivity index (χ1) is 8.24. The van der Waals surface area contributed by atoms with Crippen molar-refractivity contribution >= 4 is 21.7 Å². The first-order valence-electron chi connectivity index (χ1n) is 5.75. The molecule has 0 amide bonds. The standard InChI is InChI=1S/C12H15BrN4/c13-11-4-10(6-15)12(16-7-11)17-3-1-2-9(5-14)8-17/h4,7,9H,1-3,5,8,14H2. The lowest BCUT2D eigenvalue weighted by Crippen LogP contribution is -2.39. The molecular weight excluding hydrogens is 280 g/mol. The molecule has 2 heterocycles. The van der Waals surface area contributed by atoms with Gasteiger partial charge in [0.15, 0.2) is 0 Å². The molecule has 90 valence electrons. The van der Waals surface area contributed by atoms with Crippen molar-refractivity contribution in [2.24, 2.45) is 11.7 Å². The molecule has 0 bridgehead atoms. The molecule has 0 aliphatic carbocycles. The molecule has 4 nitrogen and oxygen atoms in total. The third-order valence-corrected chi connectivity index (χ3v) is 3.54. The highest BCUT2D eigenvalue weighted by atomic mass is 79.9. The van der Waals surface area contributed by atoms with E-state index in [9.17, 15) is 0 Å². The Morgan fingerprint density at radius 2 is 2.47 bits per heavy atom. The summed E-state index contributed by atoms with van der Waals surface area (Å²) < 4.78 is 0.838. The van der Waals surface area contributed by atoms with E-state index in [-0.39, 0.29) is 0 Å². The summed E-state index contributed by atoms with van der Waals surface area (Å²) in [7, 11) is 0. The van der Waals surface area contributed by atoms with Crippen molar-refractivity contribution in [1.82, 2.24) is 4.98 Å². The highest BCUT2D eigenvalue weighted by Gasteiger charge is 2.21. The van der Waals surface area contributed by atoms with Gasteiger partial charge in [0, 0.05) is 23.8 Å². The smallest absolute Gasteiger partial charge is 0.146 e. The number of hydrogen-bond acceptors (Lipinski definition) is 4. The van der Waals surface area contributed by atoms with Gasteiger partial charge in [-0.05, 0) is 47.3 Å². The first kappa shape index (κ1) is 12.3. The van der Waals surface area contributed by atoms with Crippen LogP contribution in [-0.2, 0) is 0 Å². The van der Waals surface area contributed by atoms with E-state index >= 15 is 0 Å². The fraction of sp³-hybridized carbons (Fsp3) is 0.500. The van der Waals surface area contributed by atoms with E-state index in [0.29, 0.717) is 18.0 Å². The largest absolute Gasteiger partial charge is 0.355 e. The Bertz CT molecular complexity index is 441. The van der Waals surface area contributed by atoms with Crippen molar-refractivity contribution in [3.05, 3.63) is 22.3 Å². The van der Waals surface area contributed by atoms with Crippen LogP contribution in [0.2, 0.25) is 0 Å². The maximum absolute atomic E-state index is 9.13. The quantitative estimate of drug-likeness (QED) is 0.905. The van der Waals surface area contributed by atoms with Gasteiger partial charge in [-0.3, -0.25) is 0 Å². The van der Waals surface area contributed by atoms with Gasteiger partial charge in [-0.2, -0.15) is 5.26 Å². The monoisotopic (exact) mass is 294 g/mol. The molecule has 1 aliphatic rings. The number of anilines is 1. The van der Waals surface area contributed by atoms with E-state index in [1.807, 2.05) is 6.07 Å². The number of nitriles is 1. The van der Waals surface area contributed by atoms with Crippen LogP contribution in [0.1, 0.15) is 18.4 Å². The van der Waals surface area contributed by atoms with Gasteiger partial charge in [0.2, 0.25) is 0 Å². The third-order valence-electron chi connectivity index (χ3n) is 3.11. The van der Waals surface area contributed by atoms with E-state index in [1.165, 1.54) is 6.42 Å². The van der Waals surface area contributed by atoms with Crippen LogP contribution in [0.4, 0.5) is 5.82 Å². The van der Waals surface area contributed by atoms with Crippen molar-refractivity contribution in [2.75, 3.05) is 24.5 Å². The summed E-state index contributed by atoms with van der Waals surface area (Å²) in [6, 6.07) is 4.02. The molecule has 0 spiro atoms. The molecule has 5 heteroatoms. The summed E-state index contributed by atoms with van der Waals surface area (Å²) in [5.41, 5.74) is 6.34. The lowest BCUT2D eigenvalue weighted by molar-refractivity contribution is 0.421. The van der Waals surface area contributed by atoms with Crippen LogP contribution in [0.25, 0.3) is 0 Å². The minimum atomic E-state index is 0.515. The van der Waals surface area contributed by atoms with Crippen LogP contribution in [0.3, 0.4) is 0 Å².